The van der Waals surface area contributed by atoms with Crippen LogP contribution in [0.4, 0.5) is 8.78 Å². The van der Waals surface area contributed by atoms with Crippen molar-refractivity contribution in [2.75, 3.05) is 13.7 Å². The molecule has 0 radical (unpaired) electrons. The van der Waals surface area contributed by atoms with E-state index in [0.717, 1.165) is 0 Å². The van der Waals surface area contributed by atoms with Crippen molar-refractivity contribution in [3.05, 3.63) is 22.9 Å². The second-order valence-corrected chi connectivity index (χ2v) is 3.48. The lowest BCUT2D eigenvalue weighted by Crippen LogP contribution is -2.11. The van der Waals surface area contributed by atoms with Crippen LogP contribution in [0.15, 0.2) is 6.20 Å². The summed E-state index contributed by atoms with van der Waals surface area (Å²) in [7, 11) is 1.18. The van der Waals surface area contributed by atoms with E-state index in [1.165, 1.54) is 13.3 Å². The van der Waals surface area contributed by atoms with Crippen molar-refractivity contribution in [2.45, 2.75) is 19.8 Å². The van der Waals surface area contributed by atoms with Gasteiger partial charge in [0.25, 0.3) is 6.43 Å². The number of rotatable bonds is 5. The normalized spacial score (nSPS) is 10.1. The third-order valence-corrected chi connectivity index (χ3v) is 2.32. The van der Waals surface area contributed by atoms with Crippen LogP contribution in [0.5, 0.6) is 5.88 Å². The smallest absolute Gasteiger partial charge is 0.310 e. The van der Waals surface area contributed by atoms with E-state index in [1.54, 1.807) is 13.0 Å². The number of hydrogen-bond donors (Lipinski definition) is 0. The number of nitriles is 1. The molecule has 7 heteroatoms. The molecule has 0 spiro atoms. The first-order valence-electron chi connectivity index (χ1n) is 5.44. The molecule has 0 aromatic carbocycles. The molecule has 1 aromatic rings. The Morgan fingerprint density at radius 2 is 2.26 bits per heavy atom. The monoisotopic (exact) mass is 270 g/mol. The van der Waals surface area contributed by atoms with Crippen molar-refractivity contribution >= 4 is 5.97 Å². The molecule has 1 heterocycles. The summed E-state index contributed by atoms with van der Waals surface area (Å²) in [6, 6.07) is 1.66. The summed E-state index contributed by atoms with van der Waals surface area (Å²) in [5.41, 5.74) is -0.807. The lowest BCUT2D eigenvalue weighted by molar-refractivity contribution is -0.142. The number of alkyl halides is 2. The predicted molar refractivity (Wildman–Crippen MR) is 60.8 cm³/mol. The van der Waals surface area contributed by atoms with Crippen LogP contribution < -0.4 is 4.74 Å². The van der Waals surface area contributed by atoms with E-state index < -0.39 is 18.0 Å². The van der Waals surface area contributed by atoms with E-state index in [4.69, 9.17) is 14.7 Å². The van der Waals surface area contributed by atoms with Gasteiger partial charge in [0.2, 0.25) is 5.88 Å². The molecular weight excluding hydrogens is 258 g/mol. The number of carbonyl (C=O) groups excluding carboxylic acids is 1. The van der Waals surface area contributed by atoms with Crippen molar-refractivity contribution in [3.8, 4) is 11.9 Å². The highest BCUT2D eigenvalue weighted by atomic mass is 19.3. The van der Waals surface area contributed by atoms with Crippen LogP contribution in [0.2, 0.25) is 0 Å². The molecule has 0 unspecified atom stereocenters. The molecule has 1 rings (SSSR count). The van der Waals surface area contributed by atoms with E-state index >= 15 is 0 Å². The van der Waals surface area contributed by atoms with Gasteiger partial charge in [0, 0.05) is 11.8 Å². The van der Waals surface area contributed by atoms with E-state index in [0.29, 0.717) is 0 Å². The van der Waals surface area contributed by atoms with Gasteiger partial charge in [0.05, 0.1) is 31.3 Å². The van der Waals surface area contributed by atoms with Crippen LogP contribution in [0.3, 0.4) is 0 Å². The van der Waals surface area contributed by atoms with Crippen LogP contribution in [0.1, 0.15) is 30.0 Å². The zero-order chi connectivity index (χ0) is 14.4. The number of aromatic nitrogens is 1. The van der Waals surface area contributed by atoms with Gasteiger partial charge in [-0.2, -0.15) is 5.26 Å². The first kappa shape index (κ1) is 14.8. The van der Waals surface area contributed by atoms with Crippen molar-refractivity contribution < 1.29 is 23.0 Å². The second-order valence-electron chi connectivity index (χ2n) is 3.48. The van der Waals surface area contributed by atoms with Crippen LogP contribution >= 0.6 is 0 Å². The zero-order valence-corrected chi connectivity index (χ0v) is 10.4. The van der Waals surface area contributed by atoms with Gasteiger partial charge in [-0.05, 0) is 6.92 Å². The van der Waals surface area contributed by atoms with Gasteiger partial charge in [-0.25, -0.2) is 13.8 Å². The van der Waals surface area contributed by atoms with Crippen molar-refractivity contribution in [2.24, 2.45) is 0 Å². The molecule has 19 heavy (non-hydrogen) atoms. The molecule has 0 N–H and O–H groups in total. The highest BCUT2D eigenvalue weighted by molar-refractivity contribution is 5.74. The third kappa shape index (κ3) is 3.37. The summed E-state index contributed by atoms with van der Waals surface area (Å²) in [5, 5.41) is 8.99. The molecule has 102 valence electrons. The van der Waals surface area contributed by atoms with E-state index in [9.17, 15) is 13.6 Å². The van der Waals surface area contributed by atoms with Gasteiger partial charge in [-0.1, -0.05) is 0 Å². The van der Waals surface area contributed by atoms with Crippen molar-refractivity contribution in [1.82, 2.24) is 4.98 Å². The lowest BCUT2D eigenvalue weighted by Gasteiger charge is -2.11. The molecule has 0 saturated heterocycles. The Kier molecular flexibility index (Phi) is 5.18. The third-order valence-electron chi connectivity index (χ3n) is 2.32. The minimum atomic E-state index is -2.92. The Balaban J connectivity index is 3.24. The molecule has 0 fully saturated rings. The molecule has 0 aliphatic rings. The van der Waals surface area contributed by atoms with Gasteiger partial charge in [-0.3, -0.25) is 4.79 Å². The zero-order valence-electron chi connectivity index (χ0n) is 10.4. The topological polar surface area (TPSA) is 72.2 Å². The maximum absolute atomic E-state index is 12.9. The maximum Gasteiger partial charge on any atom is 0.310 e. The molecule has 0 bridgehead atoms. The molecule has 0 atom stereocenters. The molecule has 1 aromatic heterocycles. The number of esters is 1. The minimum absolute atomic E-state index is 0.0945. The summed E-state index contributed by atoms with van der Waals surface area (Å²) in [6.07, 6.45) is -2.03. The number of methoxy groups -OCH3 is 1. The molecule has 0 aliphatic heterocycles. The first-order chi connectivity index (χ1) is 9.04. The standard InChI is InChI=1S/C12H12F2N2O3/c1-3-19-9(17)4-7-6-16-12(18-2)10(11(13)14)8(7)5-15/h6,11H,3-4H2,1-2H3. The van der Waals surface area contributed by atoms with Gasteiger partial charge in [0.15, 0.2) is 0 Å². The summed E-state index contributed by atoms with van der Waals surface area (Å²) >= 11 is 0. The average Bonchev–Trinajstić information content (AvgIpc) is 2.38. The molecular formula is C12H12F2N2O3. The first-order valence-corrected chi connectivity index (χ1v) is 5.44. The Morgan fingerprint density at radius 3 is 2.74 bits per heavy atom. The fraction of sp³-hybridized carbons (Fsp3) is 0.417. The number of hydrogen-bond acceptors (Lipinski definition) is 5. The van der Waals surface area contributed by atoms with E-state index in [2.05, 4.69) is 4.98 Å². The number of ether oxygens (including phenoxy) is 2. The Hall–Kier alpha value is -2.23. The average molecular weight is 270 g/mol. The SMILES string of the molecule is CCOC(=O)Cc1cnc(OC)c(C(F)F)c1C#N. The van der Waals surface area contributed by atoms with Crippen molar-refractivity contribution in [1.29, 1.82) is 5.26 Å². The number of carbonyl (C=O) groups is 1. The second kappa shape index (κ2) is 6.64. The predicted octanol–water partition coefficient (Wildman–Crippen LogP) is 2.01. The summed E-state index contributed by atoms with van der Waals surface area (Å²) < 4.78 is 35.3. The highest BCUT2D eigenvalue weighted by Gasteiger charge is 2.24. The van der Waals surface area contributed by atoms with E-state index in [-0.39, 0.29) is 30.0 Å². The van der Waals surface area contributed by atoms with Gasteiger partial charge >= 0.3 is 5.97 Å². The molecule has 0 saturated carbocycles. The highest BCUT2D eigenvalue weighted by Crippen LogP contribution is 2.32. The van der Waals surface area contributed by atoms with Crippen LogP contribution in [-0.2, 0) is 16.0 Å². The maximum atomic E-state index is 12.9. The largest absolute Gasteiger partial charge is 0.481 e. The Bertz CT molecular complexity index is 512. The fourth-order valence-corrected chi connectivity index (χ4v) is 1.55. The Morgan fingerprint density at radius 1 is 1.58 bits per heavy atom. The van der Waals surface area contributed by atoms with Crippen molar-refractivity contribution in [3.63, 3.8) is 0 Å². The molecule has 0 amide bonds. The van der Waals surface area contributed by atoms with Crippen LogP contribution in [-0.4, -0.2) is 24.7 Å². The summed E-state index contributed by atoms with van der Waals surface area (Å²) in [4.78, 5) is 15.0. The number of halogens is 2. The van der Waals surface area contributed by atoms with Gasteiger partial charge < -0.3 is 9.47 Å². The minimum Gasteiger partial charge on any atom is -0.481 e. The number of pyridine rings is 1. The quantitative estimate of drug-likeness (QED) is 0.765. The summed E-state index contributed by atoms with van der Waals surface area (Å²) in [6.45, 7) is 1.80. The Labute approximate surface area is 108 Å². The fourth-order valence-electron chi connectivity index (χ4n) is 1.55. The van der Waals surface area contributed by atoms with E-state index in [1.807, 2.05) is 0 Å². The van der Waals surface area contributed by atoms with Crippen LogP contribution in [0, 0.1) is 11.3 Å². The molecule has 0 aliphatic carbocycles. The lowest BCUT2D eigenvalue weighted by atomic mass is 10.0. The summed E-state index contributed by atoms with van der Waals surface area (Å²) in [5.74, 6) is -0.926. The molecule has 5 nitrogen and oxygen atoms in total. The van der Waals surface area contributed by atoms with Gasteiger partial charge in [-0.15, -0.1) is 0 Å². The van der Waals surface area contributed by atoms with Crippen LogP contribution in [0.25, 0.3) is 0 Å². The van der Waals surface area contributed by atoms with Gasteiger partial charge in [0.1, 0.15) is 6.07 Å². The number of nitrogens with zero attached hydrogens (tertiary/aromatic N) is 2.